The van der Waals surface area contributed by atoms with Crippen LogP contribution in [0, 0.1) is 30.6 Å². The molecule has 0 amide bonds. The molecule has 0 aromatic heterocycles. The number of hydrogen-bond donors (Lipinski definition) is 0. The fourth-order valence-electron chi connectivity index (χ4n) is 4.85. The van der Waals surface area contributed by atoms with Gasteiger partial charge in [0.1, 0.15) is 0 Å². The van der Waals surface area contributed by atoms with E-state index in [1.54, 1.807) is 12.1 Å². The molecule has 3 aliphatic rings. The minimum Gasteiger partial charge on any atom is -0.262 e. The monoisotopic (exact) mass is 306 g/mol. The molecular weight excluding hydrogens is 284 g/mol. The summed E-state index contributed by atoms with van der Waals surface area (Å²) in [6.45, 7) is 1.95. The average Bonchev–Trinajstić information content (AvgIpc) is 2.75. The highest BCUT2D eigenvalue weighted by Gasteiger charge is 2.51. The number of fused-ring (bicyclic) bond motifs is 2. The molecule has 0 saturated heterocycles. The summed E-state index contributed by atoms with van der Waals surface area (Å²) >= 11 is 0. The van der Waals surface area contributed by atoms with Crippen LogP contribution in [0.1, 0.15) is 37.7 Å². The molecule has 3 aliphatic carbocycles. The van der Waals surface area contributed by atoms with Crippen molar-refractivity contribution in [2.45, 2.75) is 50.0 Å². The van der Waals surface area contributed by atoms with Gasteiger partial charge in [0.2, 0.25) is 0 Å². The van der Waals surface area contributed by atoms with E-state index >= 15 is 0 Å². The largest absolute Gasteiger partial charge is 0.297 e. The minimum absolute atomic E-state index is 0.0833. The quantitative estimate of drug-likeness (QED) is 0.802. The van der Waals surface area contributed by atoms with E-state index in [1.807, 2.05) is 19.1 Å². The maximum absolute atomic E-state index is 12.5. The van der Waals surface area contributed by atoms with Crippen LogP contribution in [0.2, 0.25) is 0 Å². The van der Waals surface area contributed by atoms with Crippen LogP contribution < -0.4 is 0 Å². The number of benzene rings is 1. The molecular formula is C17H22O3S. The van der Waals surface area contributed by atoms with Crippen LogP contribution in [0.3, 0.4) is 0 Å². The van der Waals surface area contributed by atoms with Gasteiger partial charge in [-0.25, -0.2) is 0 Å². The number of hydrogen-bond acceptors (Lipinski definition) is 3. The van der Waals surface area contributed by atoms with Crippen LogP contribution >= 0.6 is 0 Å². The molecule has 4 heteroatoms. The Morgan fingerprint density at radius 3 is 2.29 bits per heavy atom. The first kappa shape index (κ1) is 13.8. The van der Waals surface area contributed by atoms with Gasteiger partial charge in [0.15, 0.2) is 0 Å². The summed E-state index contributed by atoms with van der Waals surface area (Å²) in [7, 11) is -3.63. The summed E-state index contributed by atoms with van der Waals surface area (Å²) in [5, 5.41) is 0. The fraction of sp³-hybridized carbons (Fsp3) is 0.647. The van der Waals surface area contributed by atoms with Gasteiger partial charge in [-0.3, -0.25) is 4.18 Å². The molecule has 0 spiro atoms. The summed E-state index contributed by atoms with van der Waals surface area (Å²) in [4.78, 5) is 0.294. The van der Waals surface area contributed by atoms with Crippen molar-refractivity contribution in [2.75, 3.05) is 0 Å². The summed E-state index contributed by atoms with van der Waals surface area (Å²) in [6, 6.07) is 6.97. The number of rotatable bonds is 3. The summed E-state index contributed by atoms with van der Waals surface area (Å²) in [5.74, 6) is 2.59. The highest BCUT2D eigenvalue weighted by atomic mass is 32.2. The Labute approximate surface area is 126 Å². The third-order valence-electron chi connectivity index (χ3n) is 5.87. The lowest BCUT2D eigenvalue weighted by atomic mass is 9.71. The molecule has 3 fully saturated rings. The van der Waals surface area contributed by atoms with Gasteiger partial charge in [0.25, 0.3) is 10.1 Å². The van der Waals surface area contributed by atoms with Gasteiger partial charge in [0, 0.05) is 0 Å². The molecule has 3 nitrogen and oxygen atoms in total. The topological polar surface area (TPSA) is 43.4 Å². The second kappa shape index (κ2) is 4.82. The third-order valence-corrected chi connectivity index (χ3v) is 7.19. The van der Waals surface area contributed by atoms with E-state index in [1.165, 1.54) is 25.7 Å². The van der Waals surface area contributed by atoms with E-state index in [9.17, 15) is 8.42 Å². The molecule has 21 heavy (non-hydrogen) atoms. The van der Waals surface area contributed by atoms with E-state index in [0.29, 0.717) is 16.7 Å². The lowest BCUT2D eigenvalue weighted by molar-refractivity contribution is 0.0315. The summed E-state index contributed by atoms with van der Waals surface area (Å²) < 4.78 is 30.8. The molecule has 1 aromatic rings. The highest BCUT2D eigenvalue weighted by molar-refractivity contribution is 7.86. The van der Waals surface area contributed by atoms with Crippen LogP contribution in [-0.2, 0) is 14.3 Å². The highest BCUT2D eigenvalue weighted by Crippen LogP contribution is 2.56. The molecule has 3 saturated carbocycles. The van der Waals surface area contributed by atoms with Gasteiger partial charge in [-0.1, -0.05) is 17.7 Å². The van der Waals surface area contributed by atoms with E-state index in [4.69, 9.17) is 4.18 Å². The lowest BCUT2D eigenvalue weighted by Crippen LogP contribution is -2.38. The first-order chi connectivity index (χ1) is 10.0. The van der Waals surface area contributed by atoms with Crippen LogP contribution in [0.25, 0.3) is 0 Å². The third kappa shape index (κ3) is 2.33. The van der Waals surface area contributed by atoms with Crippen molar-refractivity contribution in [1.82, 2.24) is 0 Å². The van der Waals surface area contributed by atoms with Crippen LogP contribution in [0.15, 0.2) is 29.2 Å². The number of aryl methyl sites for hydroxylation is 1. The maximum Gasteiger partial charge on any atom is 0.297 e. The zero-order valence-corrected chi connectivity index (χ0v) is 13.2. The molecule has 0 aliphatic heterocycles. The van der Waals surface area contributed by atoms with Crippen molar-refractivity contribution in [1.29, 1.82) is 0 Å². The predicted octanol–water partition coefficient (Wildman–Crippen LogP) is 3.53. The maximum atomic E-state index is 12.5. The van der Waals surface area contributed by atoms with E-state index in [-0.39, 0.29) is 6.10 Å². The Kier molecular flexibility index (Phi) is 3.16. The van der Waals surface area contributed by atoms with Gasteiger partial charge < -0.3 is 0 Å². The normalized spacial score (nSPS) is 37.9. The Bertz CT molecular complexity index is 627. The Morgan fingerprint density at radius 1 is 0.905 bits per heavy atom. The molecule has 0 N–H and O–H groups in total. The van der Waals surface area contributed by atoms with Crippen molar-refractivity contribution in [2.24, 2.45) is 23.7 Å². The molecule has 5 atom stereocenters. The Hall–Kier alpha value is -0.870. The SMILES string of the molecule is Cc1ccc(S(=O)(=O)O[C@H]2C3CCC4CC2CC4C3)cc1. The van der Waals surface area contributed by atoms with Crippen molar-refractivity contribution < 1.29 is 12.6 Å². The van der Waals surface area contributed by atoms with E-state index < -0.39 is 10.1 Å². The van der Waals surface area contributed by atoms with Crippen LogP contribution in [0.4, 0.5) is 0 Å². The van der Waals surface area contributed by atoms with Gasteiger partial charge in [-0.05, 0) is 74.8 Å². The van der Waals surface area contributed by atoms with Crippen molar-refractivity contribution in [3.8, 4) is 0 Å². The van der Waals surface area contributed by atoms with Gasteiger partial charge >= 0.3 is 0 Å². The molecule has 1 aromatic carbocycles. The molecule has 114 valence electrons. The lowest BCUT2D eigenvalue weighted by Gasteiger charge is -2.39. The molecule has 4 unspecified atom stereocenters. The van der Waals surface area contributed by atoms with Crippen LogP contribution in [0.5, 0.6) is 0 Å². The van der Waals surface area contributed by atoms with E-state index in [0.717, 1.165) is 23.8 Å². The Morgan fingerprint density at radius 2 is 1.52 bits per heavy atom. The molecule has 3 bridgehead atoms. The van der Waals surface area contributed by atoms with Crippen molar-refractivity contribution >= 4 is 10.1 Å². The standard InChI is InChI=1S/C17H22O3S/c1-11-2-6-16(7-3-11)21(18,19)20-17-13-5-4-12-8-15(17)10-14(12)9-13/h2-3,6-7,12-15,17H,4-5,8-10H2,1H3/t12?,13?,14?,15?,17-/m0/s1. The van der Waals surface area contributed by atoms with Crippen molar-refractivity contribution in [3.05, 3.63) is 29.8 Å². The zero-order chi connectivity index (χ0) is 14.6. The first-order valence-electron chi connectivity index (χ1n) is 8.03. The van der Waals surface area contributed by atoms with Gasteiger partial charge in [-0.15, -0.1) is 0 Å². The predicted molar refractivity (Wildman–Crippen MR) is 80.3 cm³/mol. The molecule has 0 radical (unpaired) electrons. The Balaban J connectivity index is 1.59. The second-order valence-corrected chi connectivity index (χ2v) is 8.72. The average molecular weight is 306 g/mol. The smallest absolute Gasteiger partial charge is 0.262 e. The fourth-order valence-corrected chi connectivity index (χ4v) is 6.04. The second-order valence-electron chi connectivity index (χ2n) is 7.15. The van der Waals surface area contributed by atoms with Crippen LogP contribution in [-0.4, -0.2) is 14.5 Å². The minimum atomic E-state index is -3.63. The van der Waals surface area contributed by atoms with E-state index in [2.05, 4.69) is 0 Å². The summed E-state index contributed by atoms with van der Waals surface area (Å²) in [6.07, 6.45) is 5.86. The van der Waals surface area contributed by atoms with Gasteiger partial charge in [-0.2, -0.15) is 8.42 Å². The zero-order valence-electron chi connectivity index (χ0n) is 12.4. The van der Waals surface area contributed by atoms with Crippen molar-refractivity contribution in [3.63, 3.8) is 0 Å². The molecule has 0 heterocycles. The molecule has 4 rings (SSSR count). The summed E-state index contributed by atoms with van der Waals surface area (Å²) in [5.41, 5.74) is 1.06. The van der Waals surface area contributed by atoms with Gasteiger partial charge in [0.05, 0.1) is 11.0 Å². The first-order valence-corrected chi connectivity index (χ1v) is 9.44.